The largest absolute Gasteiger partial charge is 0.480 e. The molecule has 1 saturated carbocycles. The average molecular weight is 256 g/mol. The first kappa shape index (κ1) is 15.0. The van der Waals surface area contributed by atoms with Crippen molar-refractivity contribution in [2.45, 2.75) is 52.1 Å². The van der Waals surface area contributed by atoms with Crippen LogP contribution in [-0.4, -0.2) is 35.6 Å². The minimum atomic E-state index is -0.991. The fourth-order valence-electron chi connectivity index (χ4n) is 2.84. The number of carbonyl (C=O) groups excluding carboxylic acids is 1. The second kappa shape index (κ2) is 6.73. The van der Waals surface area contributed by atoms with Crippen LogP contribution in [0.5, 0.6) is 0 Å². The predicted molar refractivity (Wildman–Crippen MR) is 69.2 cm³/mol. The smallest absolute Gasteiger partial charge is 0.327 e. The number of carboxylic acids is 1. The molecule has 1 rings (SSSR count). The molecule has 104 valence electrons. The van der Waals surface area contributed by atoms with Gasteiger partial charge in [0, 0.05) is 19.5 Å². The Hall–Kier alpha value is -1.10. The molecule has 0 radical (unpaired) electrons. The summed E-state index contributed by atoms with van der Waals surface area (Å²) >= 11 is 0. The van der Waals surface area contributed by atoms with Crippen LogP contribution in [0.25, 0.3) is 0 Å². The number of hydrogen-bond acceptors (Lipinski definition) is 3. The lowest BCUT2D eigenvalue weighted by molar-refractivity contribution is -0.141. The zero-order chi connectivity index (χ0) is 13.7. The van der Waals surface area contributed by atoms with Crippen LogP contribution < -0.4 is 10.6 Å². The molecular formula is C13H24N2O3. The highest BCUT2D eigenvalue weighted by molar-refractivity contribution is 5.82. The van der Waals surface area contributed by atoms with Gasteiger partial charge in [0.1, 0.15) is 6.04 Å². The van der Waals surface area contributed by atoms with Crippen molar-refractivity contribution in [2.24, 2.45) is 11.8 Å². The van der Waals surface area contributed by atoms with Gasteiger partial charge in [-0.15, -0.1) is 0 Å². The molecule has 1 aliphatic carbocycles. The van der Waals surface area contributed by atoms with Gasteiger partial charge in [-0.2, -0.15) is 0 Å². The van der Waals surface area contributed by atoms with E-state index in [1.165, 1.54) is 13.3 Å². The van der Waals surface area contributed by atoms with E-state index in [2.05, 4.69) is 24.5 Å². The lowest BCUT2D eigenvalue weighted by Crippen LogP contribution is -2.49. The lowest BCUT2D eigenvalue weighted by Gasteiger charge is -2.32. The zero-order valence-corrected chi connectivity index (χ0v) is 11.4. The number of amides is 1. The summed E-state index contributed by atoms with van der Waals surface area (Å²) in [6.07, 6.45) is 3.40. The normalized spacial score (nSPS) is 29.6. The van der Waals surface area contributed by atoms with Crippen molar-refractivity contribution in [3.8, 4) is 0 Å². The lowest BCUT2D eigenvalue weighted by atomic mass is 9.80. The monoisotopic (exact) mass is 256 g/mol. The van der Waals surface area contributed by atoms with Gasteiger partial charge in [0.25, 0.3) is 0 Å². The van der Waals surface area contributed by atoms with Gasteiger partial charge in [0.2, 0.25) is 5.91 Å². The van der Waals surface area contributed by atoms with Crippen LogP contribution in [0.4, 0.5) is 0 Å². The third-order valence-electron chi connectivity index (χ3n) is 3.46. The van der Waals surface area contributed by atoms with E-state index < -0.39 is 12.0 Å². The number of hydrogen-bond donors (Lipinski definition) is 3. The van der Waals surface area contributed by atoms with Gasteiger partial charge in [-0.3, -0.25) is 4.79 Å². The molecule has 3 N–H and O–H groups in total. The highest BCUT2D eigenvalue weighted by Gasteiger charge is 2.25. The summed E-state index contributed by atoms with van der Waals surface area (Å²) in [4.78, 5) is 21.9. The number of rotatable bonds is 5. The van der Waals surface area contributed by atoms with E-state index in [0.717, 1.165) is 12.8 Å². The van der Waals surface area contributed by atoms with Gasteiger partial charge < -0.3 is 15.7 Å². The predicted octanol–water partition coefficient (Wildman–Crippen LogP) is 0.990. The van der Waals surface area contributed by atoms with E-state index in [1.54, 1.807) is 0 Å². The Bertz CT molecular complexity index is 297. The Balaban J connectivity index is 2.41. The van der Waals surface area contributed by atoms with Crippen LogP contribution in [0.2, 0.25) is 0 Å². The van der Waals surface area contributed by atoms with E-state index in [4.69, 9.17) is 5.11 Å². The van der Waals surface area contributed by atoms with Crippen molar-refractivity contribution in [3.63, 3.8) is 0 Å². The summed E-state index contributed by atoms with van der Waals surface area (Å²) in [5.74, 6) is 0.0507. The molecule has 3 atom stereocenters. The molecule has 0 bridgehead atoms. The zero-order valence-electron chi connectivity index (χ0n) is 11.4. The highest BCUT2D eigenvalue weighted by Crippen LogP contribution is 2.28. The molecule has 18 heavy (non-hydrogen) atoms. The van der Waals surface area contributed by atoms with Crippen molar-refractivity contribution >= 4 is 11.9 Å². The first-order valence-electron chi connectivity index (χ1n) is 6.61. The summed E-state index contributed by atoms with van der Waals surface area (Å²) in [5.41, 5.74) is 0. The third kappa shape index (κ3) is 5.04. The SMILES string of the molecule is CC(=O)NC(CNC1CC(C)CC(C)C1)C(=O)O. The molecule has 1 fully saturated rings. The Morgan fingerprint density at radius 2 is 1.78 bits per heavy atom. The topological polar surface area (TPSA) is 78.4 Å². The molecule has 0 spiro atoms. The molecule has 0 aliphatic heterocycles. The van der Waals surface area contributed by atoms with Gasteiger partial charge in [-0.05, 0) is 31.1 Å². The third-order valence-corrected chi connectivity index (χ3v) is 3.46. The van der Waals surface area contributed by atoms with Gasteiger partial charge in [0.05, 0.1) is 0 Å². The van der Waals surface area contributed by atoms with Crippen LogP contribution in [0, 0.1) is 11.8 Å². The molecule has 0 aromatic heterocycles. The summed E-state index contributed by atoms with van der Waals surface area (Å²) < 4.78 is 0. The minimum Gasteiger partial charge on any atom is -0.480 e. The van der Waals surface area contributed by atoms with Crippen LogP contribution in [0.1, 0.15) is 40.0 Å². The number of nitrogens with one attached hydrogen (secondary N) is 2. The first-order valence-corrected chi connectivity index (χ1v) is 6.61. The number of carboxylic acid groups (broad SMARTS) is 1. The maximum Gasteiger partial charge on any atom is 0.327 e. The van der Waals surface area contributed by atoms with Crippen LogP contribution in [-0.2, 0) is 9.59 Å². The van der Waals surface area contributed by atoms with Crippen molar-refractivity contribution in [3.05, 3.63) is 0 Å². The van der Waals surface area contributed by atoms with Crippen molar-refractivity contribution in [1.82, 2.24) is 10.6 Å². The van der Waals surface area contributed by atoms with Crippen LogP contribution >= 0.6 is 0 Å². The molecule has 0 aromatic carbocycles. The second-order valence-electron chi connectivity index (χ2n) is 5.61. The fourth-order valence-corrected chi connectivity index (χ4v) is 2.84. The summed E-state index contributed by atoms with van der Waals surface area (Å²) in [6, 6.07) is -0.477. The molecule has 1 amide bonds. The molecule has 1 aliphatic rings. The van der Waals surface area contributed by atoms with E-state index in [9.17, 15) is 9.59 Å². The van der Waals surface area contributed by atoms with E-state index in [1.807, 2.05) is 0 Å². The van der Waals surface area contributed by atoms with Crippen molar-refractivity contribution in [2.75, 3.05) is 6.54 Å². The van der Waals surface area contributed by atoms with Crippen LogP contribution in [0.3, 0.4) is 0 Å². The Morgan fingerprint density at radius 1 is 1.22 bits per heavy atom. The summed E-state index contributed by atoms with van der Waals surface area (Å²) in [7, 11) is 0. The van der Waals surface area contributed by atoms with Gasteiger partial charge in [-0.25, -0.2) is 4.79 Å². The molecular weight excluding hydrogens is 232 g/mol. The molecule has 5 heteroatoms. The average Bonchev–Trinajstić information content (AvgIpc) is 2.21. The van der Waals surface area contributed by atoms with E-state index >= 15 is 0 Å². The van der Waals surface area contributed by atoms with E-state index in [0.29, 0.717) is 24.4 Å². The molecule has 3 unspecified atom stereocenters. The fraction of sp³-hybridized carbons (Fsp3) is 0.846. The van der Waals surface area contributed by atoms with Crippen LogP contribution in [0.15, 0.2) is 0 Å². The number of carbonyl (C=O) groups is 2. The van der Waals surface area contributed by atoms with Gasteiger partial charge in [-0.1, -0.05) is 13.8 Å². The molecule has 0 saturated heterocycles. The van der Waals surface area contributed by atoms with E-state index in [-0.39, 0.29) is 5.91 Å². The van der Waals surface area contributed by atoms with Crippen molar-refractivity contribution < 1.29 is 14.7 Å². The quantitative estimate of drug-likeness (QED) is 0.685. The first-order chi connectivity index (χ1) is 8.38. The molecule has 5 nitrogen and oxygen atoms in total. The highest BCUT2D eigenvalue weighted by atomic mass is 16.4. The minimum absolute atomic E-state index is 0.291. The summed E-state index contributed by atoms with van der Waals surface area (Å²) in [6.45, 7) is 6.08. The molecule has 0 heterocycles. The number of aliphatic carboxylic acids is 1. The summed E-state index contributed by atoms with van der Waals surface area (Å²) in [5, 5.41) is 14.7. The van der Waals surface area contributed by atoms with Crippen molar-refractivity contribution in [1.29, 1.82) is 0 Å². The maximum atomic E-state index is 11.0. The maximum absolute atomic E-state index is 11.0. The standard InChI is InChI=1S/C13H24N2O3/c1-8-4-9(2)6-11(5-8)14-7-12(13(17)18)15-10(3)16/h8-9,11-12,14H,4-7H2,1-3H3,(H,15,16)(H,17,18). The second-order valence-corrected chi connectivity index (χ2v) is 5.61. The Labute approximate surface area is 108 Å². The van der Waals surface area contributed by atoms with Gasteiger partial charge in [0.15, 0.2) is 0 Å². The van der Waals surface area contributed by atoms with Gasteiger partial charge >= 0.3 is 5.97 Å². The Morgan fingerprint density at radius 3 is 2.22 bits per heavy atom. The Kier molecular flexibility index (Phi) is 5.59. The molecule has 0 aromatic rings.